The first-order valence-corrected chi connectivity index (χ1v) is 7.29. The number of aromatic nitrogens is 1. The zero-order valence-electron chi connectivity index (χ0n) is 12.0. The van der Waals surface area contributed by atoms with Gasteiger partial charge in [-0.2, -0.15) is 13.2 Å². The summed E-state index contributed by atoms with van der Waals surface area (Å²) in [5.74, 6) is 0.112. The second-order valence-corrected chi connectivity index (χ2v) is 5.70. The summed E-state index contributed by atoms with van der Waals surface area (Å²) in [5, 5.41) is 0.902. The van der Waals surface area contributed by atoms with Crippen LogP contribution in [0.4, 0.5) is 13.2 Å². The van der Waals surface area contributed by atoms with Crippen molar-refractivity contribution < 1.29 is 18.0 Å². The minimum absolute atomic E-state index is 0.112. The molecule has 1 aromatic heterocycles. The molecule has 0 aliphatic heterocycles. The third-order valence-corrected chi connectivity index (χ3v) is 4.33. The van der Waals surface area contributed by atoms with E-state index in [4.69, 9.17) is 0 Å². The van der Waals surface area contributed by atoms with Gasteiger partial charge in [-0.15, -0.1) is 0 Å². The summed E-state index contributed by atoms with van der Waals surface area (Å²) in [7, 11) is 0. The van der Waals surface area contributed by atoms with Gasteiger partial charge < -0.3 is 4.98 Å². The van der Waals surface area contributed by atoms with E-state index in [0.29, 0.717) is 24.0 Å². The van der Waals surface area contributed by atoms with Crippen molar-refractivity contribution in [1.29, 1.82) is 0 Å². The number of halogens is 3. The molecule has 0 saturated carbocycles. The van der Waals surface area contributed by atoms with Gasteiger partial charge in [-0.3, -0.25) is 4.79 Å². The molecule has 0 bridgehead atoms. The number of Topliss-reactive ketones (excluding diaryl/α,β-unsaturated/α-hetero) is 1. The predicted molar refractivity (Wildman–Crippen MR) is 81.4 cm³/mol. The summed E-state index contributed by atoms with van der Waals surface area (Å²) in [6.45, 7) is 0. The number of benzene rings is 2. The van der Waals surface area contributed by atoms with Crippen molar-refractivity contribution in [3.8, 4) is 11.3 Å². The molecule has 0 spiro atoms. The van der Waals surface area contributed by atoms with Crippen LogP contribution >= 0.6 is 0 Å². The first-order valence-electron chi connectivity index (χ1n) is 7.29. The van der Waals surface area contributed by atoms with Gasteiger partial charge in [-0.1, -0.05) is 24.3 Å². The number of H-pyrrole nitrogens is 1. The van der Waals surface area contributed by atoms with Crippen LogP contribution in [-0.4, -0.2) is 10.8 Å². The lowest BCUT2D eigenvalue weighted by molar-refractivity contribution is -0.137. The summed E-state index contributed by atoms with van der Waals surface area (Å²) >= 11 is 0. The number of alkyl halides is 3. The van der Waals surface area contributed by atoms with Gasteiger partial charge in [0.05, 0.1) is 5.56 Å². The summed E-state index contributed by atoms with van der Waals surface area (Å²) in [6, 6.07) is 10.6. The highest BCUT2D eigenvalue weighted by molar-refractivity contribution is 6.12. The molecule has 1 N–H and O–H groups in total. The van der Waals surface area contributed by atoms with Crippen molar-refractivity contribution in [1.82, 2.24) is 4.98 Å². The molecule has 0 atom stereocenters. The van der Waals surface area contributed by atoms with E-state index >= 15 is 0 Å². The fourth-order valence-corrected chi connectivity index (χ4v) is 3.24. The molecule has 0 unspecified atom stereocenters. The smallest absolute Gasteiger partial charge is 0.354 e. The maximum Gasteiger partial charge on any atom is 0.416 e. The van der Waals surface area contributed by atoms with Gasteiger partial charge in [0.1, 0.15) is 0 Å². The molecule has 0 radical (unpaired) electrons. The fourth-order valence-electron chi connectivity index (χ4n) is 3.24. The zero-order valence-corrected chi connectivity index (χ0v) is 12.0. The molecule has 4 rings (SSSR count). The zero-order chi connectivity index (χ0) is 16.2. The van der Waals surface area contributed by atoms with Crippen LogP contribution in [0.5, 0.6) is 0 Å². The second kappa shape index (κ2) is 4.72. The number of nitrogens with one attached hydrogen (secondary N) is 1. The Balaban J connectivity index is 1.89. The van der Waals surface area contributed by atoms with Crippen LogP contribution in [-0.2, 0) is 12.6 Å². The third kappa shape index (κ3) is 2.15. The van der Waals surface area contributed by atoms with Crippen molar-refractivity contribution >= 4 is 16.7 Å². The minimum Gasteiger partial charge on any atom is -0.354 e. The Morgan fingerprint density at radius 1 is 0.957 bits per heavy atom. The van der Waals surface area contributed by atoms with Crippen LogP contribution in [0.15, 0.2) is 42.5 Å². The molecule has 1 heterocycles. The molecule has 3 aromatic rings. The largest absolute Gasteiger partial charge is 0.416 e. The number of aromatic amines is 1. The Morgan fingerprint density at radius 3 is 2.39 bits per heavy atom. The van der Waals surface area contributed by atoms with Gasteiger partial charge in [0.15, 0.2) is 5.78 Å². The molecule has 0 saturated heterocycles. The van der Waals surface area contributed by atoms with Gasteiger partial charge in [0.25, 0.3) is 0 Å². The Morgan fingerprint density at radius 2 is 1.70 bits per heavy atom. The van der Waals surface area contributed by atoms with E-state index < -0.39 is 11.7 Å². The first-order chi connectivity index (χ1) is 10.9. The number of aryl methyl sites for hydroxylation is 1. The van der Waals surface area contributed by atoms with Crippen LogP contribution in [0.2, 0.25) is 0 Å². The summed E-state index contributed by atoms with van der Waals surface area (Å²) in [6.07, 6.45) is -3.31. The Bertz CT molecular complexity index is 920. The standard InChI is InChI=1S/C18H12F3NO/c19-18(20,21)11-6-4-10(5-7-11)17-13-8-9-15(23)12-2-1-3-14(22-17)16(12)13/h1-7,22H,8-9H2. The Labute approximate surface area is 129 Å². The molecule has 23 heavy (non-hydrogen) atoms. The predicted octanol–water partition coefficient (Wildman–Crippen LogP) is 4.98. The minimum atomic E-state index is -4.34. The molecule has 0 amide bonds. The van der Waals surface area contributed by atoms with Crippen molar-refractivity contribution in [2.24, 2.45) is 0 Å². The molecule has 2 nitrogen and oxygen atoms in total. The van der Waals surface area contributed by atoms with Gasteiger partial charge in [-0.05, 0) is 35.7 Å². The first kappa shape index (κ1) is 14.1. The Hall–Kier alpha value is -2.56. The molecular weight excluding hydrogens is 303 g/mol. The highest BCUT2D eigenvalue weighted by Crippen LogP contribution is 2.38. The summed E-state index contributed by atoms with van der Waals surface area (Å²) in [4.78, 5) is 15.3. The number of hydrogen-bond acceptors (Lipinski definition) is 1. The Kier molecular flexibility index (Phi) is 2.88. The van der Waals surface area contributed by atoms with Gasteiger partial charge in [-0.25, -0.2) is 0 Å². The van der Waals surface area contributed by atoms with Gasteiger partial charge in [0, 0.05) is 28.6 Å². The highest BCUT2D eigenvalue weighted by atomic mass is 19.4. The summed E-state index contributed by atoms with van der Waals surface area (Å²) in [5.41, 5.74) is 3.38. The SMILES string of the molecule is O=C1CCc2c(-c3ccc(C(F)(F)F)cc3)[nH]c3cccc1c23. The molecule has 1 aliphatic rings. The van der Waals surface area contributed by atoms with E-state index in [9.17, 15) is 18.0 Å². The van der Waals surface area contributed by atoms with Crippen LogP contribution in [0, 0.1) is 0 Å². The third-order valence-electron chi connectivity index (χ3n) is 4.33. The monoisotopic (exact) mass is 315 g/mol. The van der Waals surface area contributed by atoms with Gasteiger partial charge >= 0.3 is 6.18 Å². The van der Waals surface area contributed by atoms with E-state index in [1.165, 1.54) is 12.1 Å². The van der Waals surface area contributed by atoms with E-state index in [1.807, 2.05) is 12.1 Å². The van der Waals surface area contributed by atoms with Crippen LogP contribution in [0.1, 0.15) is 27.9 Å². The lowest BCUT2D eigenvalue weighted by Crippen LogP contribution is -2.08. The maximum absolute atomic E-state index is 12.7. The second-order valence-electron chi connectivity index (χ2n) is 5.70. The van der Waals surface area contributed by atoms with Crippen molar-refractivity contribution in [2.75, 3.05) is 0 Å². The lowest BCUT2D eigenvalue weighted by Gasteiger charge is -2.13. The number of carbonyl (C=O) groups is 1. The molecular formula is C18H12F3NO. The average molecular weight is 315 g/mol. The topological polar surface area (TPSA) is 32.9 Å². The quantitative estimate of drug-likeness (QED) is 0.675. The van der Waals surface area contributed by atoms with Crippen LogP contribution in [0.25, 0.3) is 22.2 Å². The average Bonchev–Trinajstić information content (AvgIpc) is 2.90. The number of rotatable bonds is 1. The molecule has 0 fully saturated rings. The van der Waals surface area contributed by atoms with Crippen molar-refractivity contribution in [2.45, 2.75) is 19.0 Å². The lowest BCUT2D eigenvalue weighted by atomic mass is 9.89. The van der Waals surface area contributed by atoms with E-state index in [0.717, 1.165) is 34.3 Å². The summed E-state index contributed by atoms with van der Waals surface area (Å²) < 4.78 is 38.1. The fraction of sp³-hybridized carbons (Fsp3) is 0.167. The highest BCUT2D eigenvalue weighted by Gasteiger charge is 2.30. The van der Waals surface area contributed by atoms with Crippen LogP contribution in [0.3, 0.4) is 0 Å². The van der Waals surface area contributed by atoms with Crippen molar-refractivity contribution in [3.05, 3.63) is 59.2 Å². The van der Waals surface area contributed by atoms with Crippen molar-refractivity contribution in [3.63, 3.8) is 0 Å². The molecule has 116 valence electrons. The molecule has 5 heteroatoms. The van der Waals surface area contributed by atoms with Gasteiger partial charge in [0.2, 0.25) is 0 Å². The molecule has 1 aliphatic carbocycles. The van der Waals surface area contributed by atoms with E-state index in [-0.39, 0.29) is 5.78 Å². The van der Waals surface area contributed by atoms with E-state index in [2.05, 4.69) is 4.98 Å². The number of hydrogen-bond donors (Lipinski definition) is 1. The van der Waals surface area contributed by atoms with Crippen LogP contribution < -0.4 is 0 Å². The number of ketones is 1. The normalized spacial score (nSPS) is 14.5. The molecule has 2 aromatic carbocycles. The number of carbonyl (C=O) groups excluding carboxylic acids is 1. The van der Waals surface area contributed by atoms with E-state index in [1.54, 1.807) is 6.07 Å². The maximum atomic E-state index is 12.7.